The lowest BCUT2D eigenvalue weighted by molar-refractivity contribution is -0.127. The first kappa shape index (κ1) is 19.1. The Labute approximate surface area is 172 Å². The van der Waals surface area contributed by atoms with E-state index in [0.29, 0.717) is 30.4 Å². The van der Waals surface area contributed by atoms with Gasteiger partial charge in [-0.2, -0.15) is 8.42 Å². The van der Waals surface area contributed by atoms with Crippen molar-refractivity contribution < 1.29 is 13.2 Å². The number of amides is 1. The van der Waals surface area contributed by atoms with Crippen LogP contribution in [0.3, 0.4) is 0 Å². The van der Waals surface area contributed by atoms with E-state index in [-0.39, 0.29) is 22.8 Å². The quantitative estimate of drug-likeness (QED) is 0.823. The first-order chi connectivity index (χ1) is 13.9. The molecule has 0 radical (unpaired) electrons. The third-order valence-electron chi connectivity index (χ3n) is 7.58. The van der Waals surface area contributed by atoms with E-state index in [9.17, 15) is 13.2 Å². The number of fused-ring (bicyclic) bond motifs is 3. The average molecular weight is 416 g/mol. The van der Waals surface area contributed by atoms with Crippen molar-refractivity contribution in [3.8, 4) is 0 Å². The topological polar surface area (TPSA) is 78.8 Å². The summed E-state index contributed by atoms with van der Waals surface area (Å²) in [7, 11) is -3.60. The highest BCUT2D eigenvalue weighted by Gasteiger charge is 2.42. The van der Waals surface area contributed by atoms with E-state index in [1.165, 1.54) is 25.7 Å². The fraction of sp³-hybridized carbons (Fsp3) is 0.636. The molecule has 29 heavy (non-hydrogen) atoms. The zero-order valence-electron chi connectivity index (χ0n) is 16.9. The molecule has 0 spiro atoms. The van der Waals surface area contributed by atoms with Crippen LogP contribution in [0.1, 0.15) is 51.0 Å². The van der Waals surface area contributed by atoms with E-state index in [1.54, 1.807) is 12.1 Å². The number of benzene rings is 1. The number of nitrogens with one attached hydrogen (secondary N) is 1. The van der Waals surface area contributed by atoms with Gasteiger partial charge in [0.1, 0.15) is 4.90 Å². The van der Waals surface area contributed by atoms with Crippen LogP contribution in [0, 0.1) is 23.7 Å². The molecule has 2 aliphatic carbocycles. The SMILES string of the molecule is CC(NC(=O)C1CCN(C2=NS(=O)(=O)c3ccccc32)CC1)C1CC2CCC1C2. The van der Waals surface area contributed by atoms with Crippen LogP contribution < -0.4 is 5.32 Å². The fourth-order valence-electron chi connectivity index (χ4n) is 6.03. The molecule has 156 valence electrons. The molecule has 6 nitrogen and oxygen atoms in total. The largest absolute Gasteiger partial charge is 0.355 e. The maximum atomic E-state index is 12.8. The maximum Gasteiger partial charge on any atom is 0.285 e. The van der Waals surface area contributed by atoms with Gasteiger partial charge in [-0.1, -0.05) is 18.6 Å². The number of piperidine rings is 1. The molecule has 1 N–H and O–H groups in total. The molecule has 2 aliphatic heterocycles. The summed E-state index contributed by atoms with van der Waals surface area (Å²) in [5, 5.41) is 3.31. The molecule has 1 aromatic rings. The van der Waals surface area contributed by atoms with Gasteiger partial charge in [0.2, 0.25) is 5.91 Å². The number of carbonyl (C=O) groups excluding carboxylic acids is 1. The van der Waals surface area contributed by atoms with Gasteiger partial charge in [-0.15, -0.1) is 4.40 Å². The first-order valence-electron chi connectivity index (χ1n) is 10.9. The molecule has 1 aromatic carbocycles. The van der Waals surface area contributed by atoms with Crippen molar-refractivity contribution in [2.75, 3.05) is 13.1 Å². The highest BCUT2D eigenvalue weighted by atomic mass is 32.2. The second-order valence-electron chi connectivity index (χ2n) is 9.28. The number of rotatable bonds is 3. The van der Waals surface area contributed by atoms with E-state index in [0.717, 1.165) is 24.7 Å². The molecule has 4 aliphatic rings. The van der Waals surface area contributed by atoms with E-state index in [4.69, 9.17) is 0 Å². The minimum Gasteiger partial charge on any atom is -0.355 e. The molecule has 1 saturated heterocycles. The van der Waals surface area contributed by atoms with Gasteiger partial charge in [0.15, 0.2) is 5.84 Å². The standard InChI is InChI=1S/C22H29N3O3S/c1-14(19-13-15-6-7-17(19)12-15)23-22(26)16-8-10-25(11-9-16)21-18-4-2-3-5-20(18)29(27,28)24-21/h2-5,14-17,19H,6-13H2,1H3,(H,23,26). The van der Waals surface area contributed by atoms with Crippen LogP contribution in [0.25, 0.3) is 0 Å². The van der Waals surface area contributed by atoms with Crippen LogP contribution in [0.15, 0.2) is 33.6 Å². The summed E-state index contributed by atoms with van der Waals surface area (Å²) >= 11 is 0. The second kappa shape index (κ2) is 7.11. The Balaban J connectivity index is 1.19. The van der Waals surface area contributed by atoms with Gasteiger partial charge in [-0.3, -0.25) is 4.79 Å². The number of sulfonamides is 1. The molecule has 7 heteroatoms. The number of likely N-dealkylation sites (tertiary alicyclic amines) is 1. The van der Waals surface area contributed by atoms with Gasteiger partial charge < -0.3 is 10.2 Å². The van der Waals surface area contributed by atoms with Crippen LogP contribution in [0.4, 0.5) is 0 Å². The van der Waals surface area contributed by atoms with Crippen LogP contribution >= 0.6 is 0 Å². The molecule has 4 unspecified atom stereocenters. The summed E-state index contributed by atoms with van der Waals surface area (Å²) in [5.74, 6) is 3.04. The zero-order chi connectivity index (χ0) is 20.2. The lowest BCUT2D eigenvalue weighted by Crippen LogP contribution is -2.47. The van der Waals surface area contributed by atoms with E-state index >= 15 is 0 Å². The van der Waals surface area contributed by atoms with Gasteiger partial charge in [-0.25, -0.2) is 0 Å². The number of hydrogen-bond acceptors (Lipinski definition) is 4. The molecule has 2 bridgehead atoms. The van der Waals surface area contributed by atoms with Crippen LogP contribution in [-0.2, 0) is 14.8 Å². The Morgan fingerprint density at radius 2 is 1.90 bits per heavy atom. The van der Waals surface area contributed by atoms with Crippen LogP contribution in [-0.4, -0.2) is 44.2 Å². The summed E-state index contributed by atoms with van der Waals surface area (Å²) in [6, 6.07) is 7.24. The number of nitrogens with zero attached hydrogens (tertiary/aromatic N) is 2. The maximum absolute atomic E-state index is 12.8. The van der Waals surface area contributed by atoms with E-state index in [2.05, 4.69) is 16.6 Å². The summed E-state index contributed by atoms with van der Waals surface area (Å²) in [4.78, 5) is 15.2. The molecule has 3 fully saturated rings. The van der Waals surface area contributed by atoms with Crippen LogP contribution in [0.2, 0.25) is 0 Å². The molecule has 2 saturated carbocycles. The Kier molecular flexibility index (Phi) is 4.68. The number of amidine groups is 1. The van der Waals surface area contributed by atoms with Gasteiger partial charge in [0, 0.05) is 30.6 Å². The fourth-order valence-corrected chi connectivity index (χ4v) is 7.25. The average Bonchev–Trinajstić information content (AvgIpc) is 3.42. The van der Waals surface area contributed by atoms with Crippen molar-refractivity contribution in [3.05, 3.63) is 29.8 Å². The van der Waals surface area contributed by atoms with Crippen molar-refractivity contribution in [1.29, 1.82) is 0 Å². The predicted octanol–water partition coefficient (Wildman–Crippen LogP) is 2.79. The summed E-state index contributed by atoms with van der Waals surface area (Å²) in [6.45, 7) is 3.49. The molecule has 5 rings (SSSR count). The van der Waals surface area contributed by atoms with Crippen molar-refractivity contribution in [2.24, 2.45) is 28.1 Å². The third kappa shape index (κ3) is 3.37. The predicted molar refractivity (Wildman–Crippen MR) is 111 cm³/mol. The zero-order valence-corrected chi connectivity index (χ0v) is 17.7. The van der Waals surface area contributed by atoms with Gasteiger partial charge in [0.05, 0.1) is 0 Å². The minimum atomic E-state index is -3.60. The van der Waals surface area contributed by atoms with E-state index in [1.807, 2.05) is 17.0 Å². The molecular weight excluding hydrogens is 386 g/mol. The summed E-state index contributed by atoms with van der Waals surface area (Å²) in [5.41, 5.74) is 0.681. The minimum absolute atomic E-state index is 0.00106. The van der Waals surface area contributed by atoms with Crippen molar-refractivity contribution in [2.45, 2.75) is 56.4 Å². The van der Waals surface area contributed by atoms with Crippen LogP contribution in [0.5, 0.6) is 0 Å². The van der Waals surface area contributed by atoms with E-state index < -0.39 is 10.0 Å². The molecule has 0 aromatic heterocycles. The molecular formula is C22H29N3O3S. The highest BCUT2D eigenvalue weighted by molar-refractivity contribution is 7.90. The smallest absolute Gasteiger partial charge is 0.285 e. The van der Waals surface area contributed by atoms with Crippen molar-refractivity contribution in [1.82, 2.24) is 10.2 Å². The summed E-state index contributed by atoms with van der Waals surface area (Å²) < 4.78 is 28.6. The Morgan fingerprint density at radius 1 is 1.14 bits per heavy atom. The number of carbonyl (C=O) groups is 1. The number of hydrogen-bond donors (Lipinski definition) is 1. The second-order valence-corrected chi connectivity index (χ2v) is 10.9. The molecule has 1 amide bonds. The molecule has 2 heterocycles. The van der Waals surface area contributed by atoms with Gasteiger partial charge in [0.25, 0.3) is 10.0 Å². The van der Waals surface area contributed by atoms with Gasteiger partial charge >= 0.3 is 0 Å². The highest BCUT2D eigenvalue weighted by Crippen LogP contribution is 2.49. The monoisotopic (exact) mass is 415 g/mol. The lowest BCUT2D eigenvalue weighted by atomic mass is 9.83. The van der Waals surface area contributed by atoms with Gasteiger partial charge in [-0.05, 0) is 68.9 Å². The first-order valence-corrected chi connectivity index (χ1v) is 12.4. The summed E-state index contributed by atoms with van der Waals surface area (Å²) in [6.07, 6.45) is 6.81. The molecule has 4 atom stereocenters. The Morgan fingerprint density at radius 3 is 2.59 bits per heavy atom. The third-order valence-corrected chi connectivity index (χ3v) is 8.91. The van der Waals surface area contributed by atoms with Crippen molar-refractivity contribution in [3.63, 3.8) is 0 Å². The van der Waals surface area contributed by atoms with Crippen molar-refractivity contribution >= 4 is 21.8 Å². The lowest BCUT2D eigenvalue weighted by Gasteiger charge is -2.34. The Hall–Kier alpha value is -1.89. The Bertz CT molecular complexity index is 950. The normalized spacial score (nSPS) is 31.4.